The summed E-state index contributed by atoms with van der Waals surface area (Å²) in [5, 5.41) is 3.21. The highest BCUT2D eigenvalue weighted by Crippen LogP contribution is 2.19. The molecule has 1 amide bonds. The normalized spacial score (nSPS) is 18.5. The van der Waals surface area contributed by atoms with Crippen molar-refractivity contribution >= 4 is 5.91 Å². The summed E-state index contributed by atoms with van der Waals surface area (Å²) >= 11 is 0. The smallest absolute Gasteiger partial charge is 0.257 e. The molecule has 3 nitrogen and oxygen atoms in total. The van der Waals surface area contributed by atoms with Crippen molar-refractivity contribution in [3.05, 3.63) is 35.1 Å². The van der Waals surface area contributed by atoms with Crippen LogP contribution >= 0.6 is 0 Å². The van der Waals surface area contributed by atoms with Gasteiger partial charge in [0.25, 0.3) is 5.91 Å². The third kappa shape index (κ3) is 2.73. The van der Waals surface area contributed by atoms with E-state index in [0.29, 0.717) is 19.6 Å². The molecule has 0 saturated carbocycles. The first kappa shape index (κ1) is 13.9. The quantitative estimate of drug-likeness (QED) is 0.792. The van der Waals surface area contributed by atoms with Gasteiger partial charge in [-0.15, -0.1) is 0 Å². The SMILES string of the molecule is CC1(C)CN(C(=O)c2ccc(F)c(F)c2F)CCN1. The van der Waals surface area contributed by atoms with Gasteiger partial charge >= 0.3 is 0 Å². The summed E-state index contributed by atoms with van der Waals surface area (Å²) in [6.45, 7) is 5.18. The monoisotopic (exact) mass is 272 g/mol. The maximum atomic E-state index is 13.6. The van der Waals surface area contributed by atoms with Gasteiger partial charge in [0.05, 0.1) is 5.56 Å². The van der Waals surface area contributed by atoms with Crippen molar-refractivity contribution in [1.82, 2.24) is 10.2 Å². The molecule has 0 radical (unpaired) electrons. The Kier molecular flexibility index (Phi) is 3.54. The number of amides is 1. The first-order chi connectivity index (χ1) is 8.82. The molecule has 19 heavy (non-hydrogen) atoms. The number of hydrogen-bond donors (Lipinski definition) is 1. The molecule has 0 aromatic heterocycles. The van der Waals surface area contributed by atoms with Crippen molar-refractivity contribution in [3.8, 4) is 0 Å². The first-order valence-electron chi connectivity index (χ1n) is 5.99. The van der Waals surface area contributed by atoms with Gasteiger partial charge in [-0.3, -0.25) is 4.79 Å². The molecule has 1 fully saturated rings. The summed E-state index contributed by atoms with van der Waals surface area (Å²) in [6.07, 6.45) is 0. The van der Waals surface area contributed by atoms with Crippen LogP contribution in [0.25, 0.3) is 0 Å². The van der Waals surface area contributed by atoms with Crippen LogP contribution in [0, 0.1) is 17.5 Å². The molecule has 2 rings (SSSR count). The summed E-state index contributed by atoms with van der Waals surface area (Å²) in [5.41, 5.74) is -0.722. The van der Waals surface area contributed by atoms with Crippen LogP contribution in [0.4, 0.5) is 13.2 Å². The van der Waals surface area contributed by atoms with E-state index in [-0.39, 0.29) is 5.54 Å². The summed E-state index contributed by atoms with van der Waals surface area (Å²) < 4.78 is 39.6. The van der Waals surface area contributed by atoms with Gasteiger partial charge in [0, 0.05) is 25.2 Å². The maximum Gasteiger partial charge on any atom is 0.257 e. The zero-order valence-corrected chi connectivity index (χ0v) is 10.8. The molecule has 0 unspecified atom stereocenters. The van der Waals surface area contributed by atoms with Gasteiger partial charge in [-0.05, 0) is 26.0 Å². The Morgan fingerprint density at radius 1 is 1.26 bits per heavy atom. The number of piperazine rings is 1. The average molecular weight is 272 g/mol. The predicted octanol–water partition coefficient (Wildman–Crippen LogP) is 1.93. The zero-order chi connectivity index (χ0) is 14.2. The maximum absolute atomic E-state index is 13.6. The van der Waals surface area contributed by atoms with Crippen LogP contribution in [0.2, 0.25) is 0 Å². The highest BCUT2D eigenvalue weighted by Gasteiger charge is 2.31. The van der Waals surface area contributed by atoms with Crippen LogP contribution in [-0.2, 0) is 0 Å². The molecule has 1 aromatic carbocycles. The number of nitrogens with zero attached hydrogens (tertiary/aromatic N) is 1. The van der Waals surface area contributed by atoms with Crippen LogP contribution in [-0.4, -0.2) is 36.0 Å². The van der Waals surface area contributed by atoms with Gasteiger partial charge in [0.1, 0.15) is 0 Å². The molecule has 1 N–H and O–H groups in total. The molecular formula is C13H15F3N2O. The third-order valence-electron chi connectivity index (χ3n) is 3.12. The molecule has 0 atom stereocenters. The lowest BCUT2D eigenvalue weighted by molar-refractivity contribution is 0.0646. The van der Waals surface area contributed by atoms with E-state index in [4.69, 9.17) is 0 Å². The third-order valence-corrected chi connectivity index (χ3v) is 3.12. The molecule has 1 heterocycles. The van der Waals surface area contributed by atoms with E-state index in [1.54, 1.807) is 0 Å². The van der Waals surface area contributed by atoms with Crippen LogP contribution < -0.4 is 5.32 Å². The van der Waals surface area contributed by atoms with E-state index in [9.17, 15) is 18.0 Å². The van der Waals surface area contributed by atoms with Crippen molar-refractivity contribution in [2.75, 3.05) is 19.6 Å². The van der Waals surface area contributed by atoms with Gasteiger partial charge in [-0.25, -0.2) is 13.2 Å². The van der Waals surface area contributed by atoms with Gasteiger partial charge in [-0.1, -0.05) is 0 Å². The van der Waals surface area contributed by atoms with E-state index in [1.807, 2.05) is 13.8 Å². The molecule has 1 aliphatic rings. The second-order valence-electron chi connectivity index (χ2n) is 5.26. The fourth-order valence-corrected chi connectivity index (χ4v) is 2.18. The predicted molar refractivity (Wildman–Crippen MR) is 64.3 cm³/mol. The Morgan fingerprint density at radius 2 is 1.95 bits per heavy atom. The van der Waals surface area contributed by atoms with Crippen LogP contribution in [0.5, 0.6) is 0 Å². The molecule has 0 aliphatic carbocycles. The molecule has 0 bridgehead atoms. The van der Waals surface area contributed by atoms with Gasteiger partial charge in [-0.2, -0.15) is 0 Å². The summed E-state index contributed by atoms with van der Waals surface area (Å²) in [4.78, 5) is 13.6. The zero-order valence-electron chi connectivity index (χ0n) is 10.8. The number of benzene rings is 1. The molecule has 1 aromatic rings. The fraction of sp³-hybridized carbons (Fsp3) is 0.462. The molecule has 1 aliphatic heterocycles. The van der Waals surface area contributed by atoms with Crippen molar-refractivity contribution in [2.24, 2.45) is 0 Å². The lowest BCUT2D eigenvalue weighted by atomic mass is 10.0. The minimum absolute atomic E-state index is 0.289. The van der Waals surface area contributed by atoms with E-state index in [0.717, 1.165) is 12.1 Å². The molecule has 1 saturated heterocycles. The Balaban J connectivity index is 2.27. The molecule has 6 heteroatoms. The van der Waals surface area contributed by atoms with Crippen molar-refractivity contribution < 1.29 is 18.0 Å². The number of rotatable bonds is 1. The van der Waals surface area contributed by atoms with E-state index in [2.05, 4.69) is 5.32 Å². The Bertz CT molecular complexity index is 517. The summed E-state index contributed by atoms with van der Waals surface area (Å²) in [6, 6.07) is 1.74. The number of hydrogen-bond acceptors (Lipinski definition) is 2. The number of halogens is 3. The van der Waals surface area contributed by atoms with Crippen LogP contribution in [0.15, 0.2) is 12.1 Å². The fourth-order valence-electron chi connectivity index (χ4n) is 2.18. The van der Waals surface area contributed by atoms with E-state index < -0.39 is 28.9 Å². The minimum atomic E-state index is -1.61. The molecule has 0 spiro atoms. The Hall–Kier alpha value is -1.56. The second-order valence-corrected chi connectivity index (χ2v) is 5.26. The van der Waals surface area contributed by atoms with Crippen molar-refractivity contribution in [2.45, 2.75) is 19.4 Å². The number of nitrogens with one attached hydrogen (secondary N) is 1. The highest BCUT2D eigenvalue weighted by molar-refractivity contribution is 5.94. The minimum Gasteiger partial charge on any atom is -0.335 e. The topological polar surface area (TPSA) is 32.3 Å². The van der Waals surface area contributed by atoms with Crippen molar-refractivity contribution in [1.29, 1.82) is 0 Å². The number of carbonyl (C=O) groups excluding carboxylic acids is 1. The first-order valence-corrected chi connectivity index (χ1v) is 5.99. The summed E-state index contributed by atoms with van der Waals surface area (Å²) in [5.74, 6) is -4.96. The van der Waals surface area contributed by atoms with E-state index in [1.165, 1.54) is 4.90 Å². The lowest BCUT2D eigenvalue weighted by Gasteiger charge is -2.39. The standard InChI is InChI=1S/C13H15F3N2O/c1-13(2)7-18(6-5-17-13)12(19)8-3-4-9(14)11(16)10(8)15/h3-4,17H,5-7H2,1-2H3. The summed E-state index contributed by atoms with van der Waals surface area (Å²) in [7, 11) is 0. The number of carbonyl (C=O) groups is 1. The molecule has 104 valence electrons. The second kappa shape index (κ2) is 4.85. The lowest BCUT2D eigenvalue weighted by Crippen LogP contribution is -2.58. The van der Waals surface area contributed by atoms with E-state index >= 15 is 0 Å². The van der Waals surface area contributed by atoms with Crippen LogP contribution in [0.3, 0.4) is 0 Å². The molecular weight excluding hydrogens is 257 g/mol. The Labute approximate surface area is 109 Å². The van der Waals surface area contributed by atoms with Gasteiger partial charge in [0.2, 0.25) is 0 Å². The average Bonchev–Trinajstić information content (AvgIpc) is 2.34. The van der Waals surface area contributed by atoms with Crippen LogP contribution in [0.1, 0.15) is 24.2 Å². The highest BCUT2D eigenvalue weighted by atomic mass is 19.2. The Morgan fingerprint density at radius 3 is 2.58 bits per heavy atom. The van der Waals surface area contributed by atoms with Crippen molar-refractivity contribution in [3.63, 3.8) is 0 Å². The largest absolute Gasteiger partial charge is 0.335 e. The van der Waals surface area contributed by atoms with Gasteiger partial charge < -0.3 is 10.2 Å². The van der Waals surface area contributed by atoms with Gasteiger partial charge in [0.15, 0.2) is 17.5 Å².